The van der Waals surface area contributed by atoms with Gasteiger partial charge in [0.15, 0.2) is 13.8 Å². The molecule has 0 spiro atoms. The Labute approximate surface area is 119 Å². The SMILES string of the molecule is COc1nc(Sc2nnc(SC)s2)ncc1Br. The maximum Gasteiger partial charge on any atom is 0.231 e. The summed E-state index contributed by atoms with van der Waals surface area (Å²) in [6.07, 6.45) is 3.62. The van der Waals surface area contributed by atoms with Gasteiger partial charge in [0.05, 0.1) is 11.6 Å². The van der Waals surface area contributed by atoms with Crippen molar-refractivity contribution in [2.45, 2.75) is 13.8 Å². The van der Waals surface area contributed by atoms with Crippen molar-refractivity contribution < 1.29 is 4.74 Å². The molecule has 0 bridgehead atoms. The summed E-state index contributed by atoms with van der Waals surface area (Å²) < 4.78 is 7.58. The number of rotatable bonds is 4. The molecule has 0 amide bonds. The van der Waals surface area contributed by atoms with Gasteiger partial charge >= 0.3 is 0 Å². The van der Waals surface area contributed by atoms with E-state index >= 15 is 0 Å². The van der Waals surface area contributed by atoms with E-state index in [1.165, 1.54) is 23.1 Å². The topological polar surface area (TPSA) is 60.8 Å². The molecule has 2 heterocycles. The van der Waals surface area contributed by atoms with E-state index in [-0.39, 0.29) is 0 Å². The fourth-order valence-electron chi connectivity index (χ4n) is 0.928. The highest BCUT2D eigenvalue weighted by Crippen LogP contribution is 2.32. The van der Waals surface area contributed by atoms with Gasteiger partial charge in [-0.15, -0.1) is 10.2 Å². The first-order valence-corrected chi connectivity index (χ1v) is 8.00. The van der Waals surface area contributed by atoms with E-state index in [0.717, 1.165) is 13.2 Å². The molecule has 2 aromatic heterocycles. The molecule has 0 radical (unpaired) electrons. The Morgan fingerprint density at radius 3 is 2.76 bits per heavy atom. The van der Waals surface area contributed by atoms with Crippen molar-refractivity contribution in [2.75, 3.05) is 13.4 Å². The molecule has 9 heteroatoms. The van der Waals surface area contributed by atoms with Crippen LogP contribution in [0, 0.1) is 0 Å². The Balaban J connectivity index is 2.18. The quantitative estimate of drug-likeness (QED) is 0.620. The Morgan fingerprint density at radius 2 is 2.12 bits per heavy atom. The van der Waals surface area contributed by atoms with Crippen LogP contribution in [0.25, 0.3) is 0 Å². The van der Waals surface area contributed by atoms with Gasteiger partial charge in [0.25, 0.3) is 0 Å². The standard InChI is InChI=1S/C8H7BrN4OS3/c1-14-5-4(9)3-10-6(11-5)16-8-13-12-7(15-2)17-8/h3H,1-2H3. The maximum absolute atomic E-state index is 5.10. The van der Waals surface area contributed by atoms with Gasteiger partial charge in [-0.1, -0.05) is 23.1 Å². The van der Waals surface area contributed by atoms with Crippen molar-refractivity contribution in [3.05, 3.63) is 10.7 Å². The third-order valence-corrected chi connectivity index (χ3v) is 5.00. The van der Waals surface area contributed by atoms with Crippen LogP contribution in [0.15, 0.2) is 24.5 Å². The lowest BCUT2D eigenvalue weighted by Gasteiger charge is -2.02. The zero-order valence-electron chi connectivity index (χ0n) is 8.88. The van der Waals surface area contributed by atoms with Gasteiger partial charge in [-0.25, -0.2) is 4.98 Å². The smallest absolute Gasteiger partial charge is 0.231 e. The molecule has 0 atom stereocenters. The highest BCUT2D eigenvalue weighted by molar-refractivity contribution is 9.10. The third kappa shape index (κ3) is 3.30. The van der Waals surface area contributed by atoms with Crippen LogP contribution < -0.4 is 4.74 Å². The summed E-state index contributed by atoms with van der Waals surface area (Å²) in [7, 11) is 1.57. The van der Waals surface area contributed by atoms with E-state index in [0.29, 0.717) is 11.0 Å². The molecule has 0 aliphatic carbocycles. The molecule has 0 unspecified atom stereocenters. The zero-order chi connectivity index (χ0) is 12.3. The number of thioether (sulfide) groups is 1. The Kier molecular flexibility index (Phi) is 4.60. The summed E-state index contributed by atoms with van der Waals surface area (Å²) in [5.41, 5.74) is 0. The van der Waals surface area contributed by atoms with Crippen LogP contribution in [0.3, 0.4) is 0 Å². The number of hydrogen-bond donors (Lipinski definition) is 0. The summed E-state index contributed by atoms with van der Waals surface area (Å²) >= 11 is 7.76. The highest BCUT2D eigenvalue weighted by Gasteiger charge is 2.10. The second-order valence-corrected chi connectivity index (χ2v) is 6.75. The minimum Gasteiger partial charge on any atom is -0.480 e. The number of halogens is 1. The Morgan fingerprint density at radius 1 is 1.35 bits per heavy atom. The molecule has 5 nitrogen and oxygen atoms in total. The summed E-state index contributed by atoms with van der Waals surface area (Å²) in [4.78, 5) is 8.41. The Bertz CT molecular complexity index is 521. The van der Waals surface area contributed by atoms with E-state index in [2.05, 4.69) is 36.1 Å². The summed E-state index contributed by atoms with van der Waals surface area (Å²) in [6, 6.07) is 0. The molecule has 17 heavy (non-hydrogen) atoms. The molecule has 2 rings (SSSR count). The molecular formula is C8H7BrN4OS3. The lowest BCUT2D eigenvalue weighted by molar-refractivity contribution is 0.389. The van der Waals surface area contributed by atoms with E-state index in [9.17, 15) is 0 Å². The second-order valence-electron chi connectivity index (χ2n) is 2.65. The maximum atomic E-state index is 5.10. The fraction of sp³-hybridized carbons (Fsp3) is 0.250. The van der Waals surface area contributed by atoms with Crippen LogP contribution in [-0.4, -0.2) is 33.5 Å². The molecule has 0 N–H and O–H groups in total. The minimum absolute atomic E-state index is 0.511. The first kappa shape index (κ1) is 13.1. The van der Waals surface area contributed by atoms with Gasteiger partial charge in [0, 0.05) is 6.20 Å². The summed E-state index contributed by atoms with van der Waals surface area (Å²) in [6.45, 7) is 0. The van der Waals surface area contributed by atoms with Gasteiger partial charge in [-0.3, -0.25) is 0 Å². The molecule has 90 valence electrons. The molecule has 0 aliphatic heterocycles. The zero-order valence-corrected chi connectivity index (χ0v) is 12.9. The number of aromatic nitrogens is 4. The monoisotopic (exact) mass is 350 g/mol. The fourth-order valence-corrected chi connectivity index (χ4v) is 3.54. The molecule has 0 aromatic carbocycles. The first-order valence-electron chi connectivity index (χ1n) is 4.35. The van der Waals surface area contributed by atoms with Crippen molar-refractivity contribution in [1.29, 1.82) is 0 Å². The third-order valence-electron chi connectivity index (χ3n) is 1.62. The van der Waals surface area contributed by atoms with E-state index in [1.54, 1.807) is 25.1 Å². The van der Waals surface area contributed by atoms with Crippen molar-refractivity contribution in [2.24, 2.45) is 0 Å². The molecule has 0 saturated carbocycles. The molecule has 0 aliphatic rings. The van der Waals surface area contributed by atoms with E-state index in [1.807, 2.05) is 6.26 Å². The number of methoxy groups -OCH3 is 1. The predicted octanol–water partition coefficient (Wildman–Crippen LogP) is 2.97. The van der Waals surface area contributed by atoms with Crippen LogP contribution in [0.5, 0.6) is 5.88 Å². The summed E-state index contributed by atoms with van der Waals surface area (Å²) in [5.74, 6) is 0.511. The molecule has 0 fully saturated rings. The largest absolute Gasteiger partial charge is 0.480 e. The van der Waals surface area contributed by atoms with Crippen LogP contribution in [0.4, 0.5) is 0 Å². The van der Waals surface area contributed by atoms with E-state index < -0.39 is 0 Å². The number of ether oxygens (including phenoxy) is 1. The summed E-state index contributed by atoms with van der Waals surface area (Å²) in [5, 5.41) is 8.64. The van der Waals surface area contributed by atoms with Crippen molar-refractivity contribution >= 4 is 50.8 Å². The Hall–Kier alpha value is -0.380. The second kappa shape index (κ2) is 5.98. The van der Waals surface area contributed by atoms with Crippen molar-refractivity contribution in [3.63, 3.8) is 0 Å². The normalized spacial score (nSPS) is 10.5. The predicted molar refractivity (Wildman–Crippen MR) is 72.1 cm³/mol. The van der Waals surface area contributed by atoms with Crippen LogP contribution >= 0.6 is 50.8 Å². The molecule has 0 saturated heterocycles. The lowest BCUT2D eigenvalue weighted by Crippen LogP contribution is -1.93. The average molecular weight is 351 g/mol. The van der Waals surface area contributed by atoms with Gasteiger partial charge in [-0.2, -0.15) is 4.98 Å². The van der Waals surface area contributed by atoms with Gasteiger partial charge in [0.1, 0.15) is 0 Å². The van der Waals surface area contributed by atoms with Gasteiger partial charge in [0.2, 0.25) is 5.88 Å². The molecular weight excluding hydrogens is 344 g/mol. The number of hydrogen-bond acceptors (Lipinski definition) is 8. The van der Waals surface area contributed by atoms with Crippen LogP contribution in [0.2, 0.25) is 0 Å². The molecule has 2 aromatic rings. The van der Waals surface area contributed by atoms with Gasteiger partial charge < -0.3 is 4.74 Å². The minimum atomic E-state index is 0.511. The average Bonchev–Trinajstić information content (AvgIpc) is 2.79. The van der Waals surface area contributed by atoms with Crippen LogP contribution in [0.1, 0.15) is 0 Å². The number of nitrogens with zero attached hydrogens (tertiary/aromatic N) is 4. The lowest BCUT2D eigenvalue weighted by atomic mass is 10.6. The van der Waals surface area contributed by atoms with Gasteiger partial charge in [-0.05, 0) is 33.9 Å². The first-order chi connectivity index (χ1) is 8.22. The van der Waals surface area contributed by atoms with Crippen molar-refractivity contribution in [1.82, 2.24) is 20.2 Å². The van der Waals surface area contributed by atoms with Crippen molar-refractivity contribution in [3.8, 4) is 5.88 Å². The highest BCUT2D eigenvalue weighted by atomic mass is 79.9. The van der Waals surface area contributed by atoms with E-state index in [4.69, 9.17) is 4.74 Å². The van der Waals surface area contributed by atoms with Crippen LogP contribution in [-0.2, 0) is 0 Å².